The van der Waals surface area contributed by atoms with Gasteiger partial charge in [0.05, 0.1) is 12.2 Å². The van der Waals surface area contributed by atoms with Crippen LogP contribution in [0, 0.1) is 11.3 Å². The Kier molecular flexibility index (Phi) is 3.93. The van der Waals surface area contributed by atoms with Gasteiger partial charge in [-0.15, -0.1) is 0 Å². The van der Waals surface area contributed by atoms with Crippen LogP contribution in [0.5, 0.6) is 5.75 Å². The SMILES string of the molecule is C/C(=C\C#N)c1ccc(OC(C)C)cc1. The van der Waals surface area contributed by atoms with E-state index in [1.807, 2.05) is 51.1 Å². The van der Waals surface area contributed by atoms with Crippen molar-refractivity contribution >= 4 is 5.57 Å². The highest BCUT2D eigenvalue weighted by Crippen LogP contribution is 2.18. The normalized spacial score (nSPS) is 11.3. The predicted molar refractivity (Wildman–Crippen MR) is 61.5 cm³/mol. The summed E-state index contributed by atoms with van der Waals surface area (Å²) < 4.78 is 5.52. The Morgan fingerprint density at radius 3 is 2.40 bits per heavy atom. The first kappa shape index (κ1) is 11.3. The first-order valence-corrected chi connectivity index (χ1v) is 4.97. The fraction of sp³-hybridized carbons (Fsp3) is 0.308. The van der Waals surface area contributed by atoms with Crippen LogP contribution in [0.3, 0.4) is 0 Å². The van der Waals surface area contributed by atoms with Gasteiger partial charge < -0.3 is 4.74 Å². The minimum atomic E-state index is 0.187. The van der Waals surface area contributed by atoms with Crippen LogP contribution < -0.4 is 4.74 Å². The highest BCUT2D eigenvalue weighted by atomic mass is 16.5. The van der Waals surface area contributed by atoms with Gasteiger partial charge in [0.25, 0.3) is 0 Å². The second-order valence-electron chi connectivity index (χ2n) is 3.65. The van der Waals surface area contributed by atoms with Crippen molar-refractivity contribution in [2.24, 2.45) is 0 Å². The molecular weight excluding hydrogens is 186 g/mol. The maximum atomic E-state index is 8.52. The Hall–Kier alpha value is -1.75. The summed E-state index contributed by atoms with van der Waals surface area (Å²) in [6, 6.07) is 9.78. The Bertz CT molecular complexity index is 382. The molecule has 0 amide bonds. The zero-order valence-electron chi connectivity index (χ0n) is 9.32. The smallest absolute Gasteiger partial charge is 0.119 e. The molecule has 0 saturated carbocycles. The molecule has 0 aliphatic carbocycles. The quantitative estimate of drug-likeness (QED) is 0.702. The first-order chi connectivity index (χ1) is 7.13. The third-order valence-corrected chi connectivity index (χ3v) is 1.96. The number of ether oxygens (including phenoxy) is 1. The van der Waals surface area contributed by atoms with Gasteiger partial charge in [-0.05, 0) is 44.0 Å². The number of nitrogens with zero attached hydrogens (tertiary/aromatic N) is 1. The van der Waals surface area contributed by atoms with Crippen LogP contribution in [0.15, 0.2) is 30.3 Å². The van der Waals surface area contributed by atoms with E-state index in [4.69, 9.17) is 10.00 Å². The van der Waals surface area contributed by atoms with Gasteiger partial charge in [0.15, 0.2) is 0 Å². The lowest BCUT2D eigenvalue weighted by molar-refractivity contribution is 0.242. The Balaban J connectivity index is 2.82. The number of nitriles is 1. The van der Waals surface area contributed by atoms with Gasteiger partial charge in [-0.25, -0.2) is 0 Å². The van der Waals surface area contributed by atoms with E-state index < -0.39 is 0 Å². The molecule has 0 aliphatic heterocycles. The molecule has 1 aromatic rings. The van der Waals surface area contributed by atoms with Gasteiger partial charge in [-0.3, -0.25) is 0 Å². The molecular formula is C13H15NO. The van der Waals surface area contributed by atoms with E-state index in [1.54, 1.807) is 0 Å². The van der Waals surface area contributed by atoms with E-state index in [1.165, 1.54) is 6.08 Å². The van der Waals surface area contributed by atoms with E-state index in [-0.39, 0.29) is 6.10 Å². The van der Waals surface area contributed by atoms with Crippen LogP contribution in [-0.4, -0.2) is 6.10 Å². The van der Waals surface area contributed by atoms with Crippen LogP contribution in [0.4, 0.5) is 0 Å². The zero-order valence-corrected chi connectivity index (χ0v) is 9.32. The number of benzene rings is 1. The highest BCUT2D eigenvalue weighted by molar-refractivity contribution is 5.66. The Morgan fingerprint density at radius 2 is 1.93 bits per heavy atom. The molecule has 0 heterocycles. The van der Waals surface area contributed by atoms with Crippen molar-refractivity contribution in [3.8, 4) is 11.8 Å². The van der Waals surface area contributed by atoms with Crippen LogP contribution in [0.25, 0.3) is 5.57 Å². The molecule has 2 heteroatoms. The van der Waals surface area contributed by atoms with Crippen molar-refractivity contribution in [1.82, 2.24) is 0 Å². The molecule has 1 aromatic carbocycles. The molecule has 1 rings (SSSR count). The molecule has 0 N–H and O–H groups in total. The molecule has 0 unspecified atom stereocenters. The molecule has 0 radical (unpaired) electrons. The van der Waals surface area contributed by atoms with Crippen molar-refractivity contribution in [2.75, 3.05) is 0 Å². The van der Waals surface area contributed by atoms with Crippen molar-refractivity contribution in [1.29, 1.82) is 5.26 Å². The summed E-state index contributed by atoms with van der Waals surface area (Å²) >= 11 is 0. The minimum absolute atomic E-state index is 0.187. The Morgan fingerprint density at radius 1 is 1.33 bits per heavy atom. The van der Waals surface area contributed by atoms with E-state index in [9.17, 15) is 0 Å². The average molecular weight is 201 g/mol. The largest absolute Gasteiger partial charge is 0.491 e. The summed E-state index contributed by atoms with van der Waals surface area (Å²) in [7, 11) is 0. The van der Waals surface area contributed by atoms with Gasteiger partial charge in [-0.2, -0.15) is 5.26 Å². The molecule has 0 atom stereocenters. The zero-order chi connectivity index (χ0) is 11.3. The average Bonchev–Trinajstić information content (AvgIpc) is 2.18. The summed E-state index contributed by atoms with van der Waals surface area (Å²) in [5.41, 5.74) is 2.02. The number of allylic oxidation sites excluding steroid dienone is 2. The second kappa shape index (κ2) is 5.21. The summed E-state index contributed by atoms with van der Waals surface area (Å²) in [5, 5.41) is 8.52. The number of hydrogen-bond donors (Lipinski definition) is 0. The molecule has 0 saturated heterocycles. The maximum absolute atomic E-state index is 8.52. The second-order valence-corrected chi connectivity index (χ2v) is 3.65. The number of hydrogen-bond acceptors (Lipinski definition) is 2. The predicted octanol–water partition coefficient (Wildman–Crippen LogP) is 3.40. The molecule has 0 aromatic heterocycles. The Labute approximate surface area is 90.8 Å². The fourth-order valence-electron chi connectivity index (χ4n) is 1.25. The molecule has 0 fully saturated rings. The van der Waals surface area contributed by atoms with Gasteiger partial charge in [0.2, 0.25) is 0 Å². The molecule has 78 valence electrons. The fourth-order valence-corrected chi connectivity index (χ4v) is 1.25. The number of rotatable bonds is 3. The lowest BCUT2D eigenvalue weighted by Gasteiger charge is -2.09. The van der Waals surface area contributed by atoms with Crippen LogP contribution in [0.1, 0.15) is 26.3 Å². The van der Waals surface area contributed by atoms with Crippen molar-refractivity contribution < 1.29 is 4.74 Å². The minimum Gasteiger partial charge on any atom is -0.491 e. The van der Waals surface area contributed by atoms with Gasteiger partial charge in [-0.1, -0.05) is 12.1 Å². The lowest BCUT2D eigenvalue weighted by Crippen LogP contribution is -2.05. The van der Waals surface area contributed by atoms with Gasteiger partial charge in [0, 0.05) is 6.08 Å². The summed E-state index contributed by atoms with van der Waals surface area (Å²) in [6.07, 6.45) is 1.73. The van der Waals surface area contributed by atoms with Crippen LogP contribution >= 0.6 is 0 Å². The van der Waals surface area contributed by atoms with Crippen LogP contribution in [0.2, 0.25) is 0 Å². The third-order valence-electron chi connectivity index (χ3n) is 1.96. The van der Waals surface area contributed by atoms with Crippen molar-refractivity contribution in [3.63, 3.8) is 0 Å². The molecule has 0 aliphatic rings. The standard InChI is InChI=1S/C13H15NO/c1-10(2)15-13-6-4-12(5-7-13)11(3)8-9-14/h4-8,10H,1-3H3/b11-8+. The van der Waals surface area contributed by atoms with E-state index in [0.717, 1.165) is 16.9 Å². The van der Waals surface area contributed by atoms with E-state index >= 15 is 0 Å². The highest BCUT2D eigenvalue weighted by Gasteiger charge is 1.98. The summed E-state index contributed by atoms with van der Waals surface area (Å²) in [5.74, 6) is 0.860. The maximum Gasteiger partial charge on any atom is 0.119 e. The van der Waals surface area contributed by atoms with E-state index in [0.29, 0.717) is 0 Å². The monoisotopic (exact) mass is 201 g/mol. The molecule has 2 nitrogen and oxygen atoms in total. The van der Waals surface area contributed by atoms with E-state index in [2.05, 4.69) is 0 Å². The molecule has 15 heavy (non-hydrogen) atoms. The summed E-state index contributed by atoms with van der Waals surface area (Å²) in [6.45, 7) is 5.91. The summed E-state index contributed by atoms with van der Waals surface area (Å²) in [4.78, 5) is 0. The molecule has 0 bridgehead atoms. The van der Waals surface area contributed by atoms with Gasteiger partial charge in [0.1, 0.15) is 5.75 Å². The first-order valence-electron chi connectivity index (χ1n) is 4.97. The van der Waals surface area contributed by atoms with Crippen molar-refractivity contribution in [3.05, 3.63) is 35.9 Å². The lowest BCUT2D eigenvalue weighted by atomic mass is 10.1. The molecule has 0 spiro atoms. The van der Waals surface area contributed by atoms with Crippen molar-refractivity contribution in [2.45, 2.75) is 26.9 Å². The third kappa shape index (κ3) is 3.47. The van der Waals surface area contributed by atoms with Gasteiger partial charge >= 0.3 is 0 Å². The topological polar surface area (TPSA) is 33.0 Å². The van der Waals surface area contributed by atoms with Crippen LogP contribution in [-0.2, 0) is 0 Å².